The molecule has 8 heteroatoms. The maximum Gasteiger partial charge on any atom is 0.325 e. The Morgan fingerprint density at radius 1 is 1.19 bits per heavy atom. The predicted molar refractivity (Wildman–Crippen MR) is 117 cm³/mol. The molecule has 4 amide bonds. The van der Waals surface area contributed by atoms with Gasteiger partial charge >= 0.3 is 6.03 Å². The second-order valence-corrected chi connectivity index (χ2v) is 8.96. The Hall–Kier alpha value is -2.61. The van der Waals surface area contributed by atoms with E-state index in [0.29, 0.717) is 13.0 Å². The van der Waals surface area contributed by atoms with Crippen molar-refractivity contribution in [2.45, 2.75) is 44.7 Å². The van der Waals surface area contributed by atoms with Crippen molar-refractivity contribution in [3.63, 3.8) is 0 Å². The molecular weight excluding hydrogens is 396 g/mol. The van der Waals surface area contributed by atoms with Gasteiger partial charge in [0.1, 0.15) is 12.1 Å². The molecule has 1 spiro atoms. The Labute approximate surface area is 183 Å². The molecular formula is C23H32N4O4. The molecule has 2 atom stereocenters. The molecule has 3 aliphatic rings. The van der Waals surface area contributed by atoms with Gasteiger partial charge in [0.05, 0.1) is 13.2 Å². The Bertz CT molecular complexity index is 836. The first-order valence-electron chi connectivity index (χ1n) is 11.2. The number of likely N-dealkylation sites (N-methyl/N-ethyl adjacent to an activating group) is 1. The molecule has 0 radical (unpaired) electrons. The normalized spacial score (nSPS) is 26.3. The number of rotatable bonds is 5. The first-order valence-corrected chi connectivity index (χ1v) is 11.2. The van der Waals surface area contributed by atoms with Crippen molar-refractivity contribution in [3.8, 4) is 0 Å². The minimum absolute atomic E-state index is 0.0838. The number of imide groups is 1. The number of morpholine rings is 1. The summed E-state index contributed by atoms with van der Waals surface area (Å²) in [6, 6.07) is 7.70. The highest BCUT2D eigenvalue weighted by Gasteiger charge is 2.55. The molecule has 1 aromatic rings. The Balaban J connectivity index is 1.35. The van der Waals surface area contributed by atoms with E-state index in [2.05, 4.69) is 22.3 Å². The van der Waals surface area contributed by atoms with Crippen molar-refractivity contribution >= 4 is 23.5 Å². The Kier molecular flexibility index (Phi) is 6.18. The van der Waals surface area contributed by atoms with Crippen LogP contribution >= 0.6 is 0 Å². The van der Waals surface area contributed by atoms with Gasteiger partial charge in [0.2, 0.25) is 5.91 Å². The highest BCUT2D eigenvalue weighted by molar-refractivity contribution is 6.09. The lowest BCUT2D eigenvalue weighted by Crippen LogP contribution is -2.54. The fourth-order valence-electron chi connectivity index (χ4n) is 4.89. The van der Waals surface area contributed by atoms with Crippen LogP contribution in [-0.4, -0.2) is 73.1 Å². The van der Waals surface area contributed by atoms with Gasteiger partial charge in [-0.05, 0) is 36.5 Å². The molecule has 1 aromatic carbocycles. The summed E-state index contributed by atoms with van der Waals surface area (Å²) in [6.07, 6.45) is 3.54. The van der Waals surface area contributed by atoms with E-state index in [-0.39, 0.29) is 24.3 Å². The Morgan fingerprint density at radius 2 is 1.90 bits per heavy atom. The quantitative estimate of drug-likeness (QED) is 0.726. The average Bonchev–Trinajstić information content (AvgIpc) is 3.01. The van der Waals surface area contributed by atoms with Crippen molar-refractivity contribution < 1.29 is 19.1 Å². The Morgan fingerprint density at radius 3 is 2.58 bits per heavy atom. The van der Waals surface area contributed by atoms with Crippen molar-refractivity contribution in [2.24, 2.45) is 5.92 Å². The monoisotopic (exact) mass is 428 g/mol. The molecule has 8 nitrogen and oxygen atoms in total. The van der Waals surface area contributed by atoms with Crippen molar-refractivity contribution in [1.82, 2.24) is 15.1 Å². The van der Waals surface area contributed by atoms with Crippen LogP contribution in [0.5, 0.6) is 0 Å². The molecule has 1 aliphatic carbocycles. The zero-order valence-electron chi connectivity index (χ0n) is 18.4. The van der Waals surface area contributed by atoms with Gasteiger partial charge in [-0.2, -0.15) is 0 Å². The summed E-state index contributed by atoms with van der Waals surface area (Å²) < 4.78 is 5.39. The molecule has 31 heavy (non-hydrogen) atoms. The van der Waals surface area contributed by atoms with Crippen LogP contribution in [-0.2, 0) is 20.9 Å². The number of ether oxygens (including phenoxy) is 1. The van der Waals surface area contributed by atoms with E-state index in [1.54, 1.807) is 11.9 Å². The smallest absolute Gasteiger partial charge is 0.325 e. The third kappa shape index (κ3) is 4.26. The molecule has 2 aliphatic heterocycles. The van der Waals surface area contributed by atoms with Gasteiger partial charge in [-0.25, -0.2) is 4.79 Å². The molecule has 0 aromatic heterocycles. The second kappa shape index (κ2) is 8.86. The zero-order valence-corrected chi connectivity index (χ0v) is 18.4. The standard InChI is InChI=1S/C23H32N4O4/c1-17-5-3-4-10-23(17)21(29)27(22(30)24-23)16-20(28)25(2)15-18-6-8-19(9-7-18)26-11-13-31-14-12-26/h6-9,17H,3-5,10-16H2,1-2H3,(H,24,30)/t17-,23+/m1/s1. The number of anilines is 1. The van der Waals surface area contributed by atoms with Crippen molar-refractivity contribution in [1.29, 1.82) is 0 Å². The van der Waals surface area contributed by atoms with Crippen LogP contribution in [0.25, 0.3) is 0 Å². The summed E-state index contributed by atoms with van der Waals surface area (Å²) in [5.74, 6) is -0.414. The van der Waals surface area contributed by atoms with Crippen LogP contribution in [0.15, 0.2) is 24.3 Å². The highest BCUT2D eigenvalue weighted by atomic mass is 16.5. The lowest BCUT2D eigenvalue weighted by Gasteiger charge is -2.36. The van der Waals surface area contributed by atoms with E-state index in [0.717, 1.165) is 61.7 Å². The summed E-state index contributed by atoms with van der Waals surface area (Å²) in [5, 5.41) is 2.90. The van der Waals surface area contributed by atoms with Crippen LogP contribution in [0.2, 0.25) is 0 Å². The number of carbonyl (C=O) groups excluding carboxylic acids is 3. The summed E-state index contributed by atoms with van der Waals surface area (Å²) >= 11 is 0. The summed E-state index contributed by atoms with van der Waals surface area (Å²) in [6.45, 7) is 5.45. The van der Waals surface area contributed by atoms with Crippen LogP contribution in [0.1, 0.15) is 38.2 Å². The van der Waals surface area contributed by atoms with Crippen LogP contribution in [0, 0.1) is 5.92 Å². The summed E-state index contributed by atoms with van der Waals surface area (Å²) in [5.41, 5.74) is 1.32. The number of nitrogens with one attached hydrogen (secondary N) is 1. The van der Waals surface area contributed by atoms with Gasteiger partial charge in [0.15, 0.2) is 0 Å². The van der Waals surface area contributed by atoms with Crippen LogP contribution < -0.4 is 10.2 Å². The number of nitrogens with zero attached hydrogens (tertiary/aromatic N) is 3. The third-order valence-corrected chi connectivity index (χ3v) is 6.95. The van der Waals surface area contributed by atoms with E-state index in [4.69, 9.17) is 4.74 Å². The third-order valence-electron chi connectivity index (χ3n) is 6.95. The molecule has 4 rings (SSSR count). The zero-order chi connectivity index (χ0) is 22.0. The first kappa shape index (κ1) is 21.6. The summed E-state index contributed by atoms with van der Waals surface area (Å²) in [4.78, 5) is 43.3. The number of carbonyl (C=O) groups is 3. The minimum Gasteiger partial charge on any atom is -0.378 e. The van der Waals surface area contributed by atoms with Gasteiger partial charge in [-0.1, -0.05) is 31.9 Å². The van der Waals surface area contributed by atoms with E-state index in [9.17, 15) is 14.4 Å². The van der Waals surface area contributed by atoms with E-state index >= 15 is 0 Å². The molecule has 1 N–H and O–H groups in total. The number of benzene rings is 1. The topological polar surface area (TPSA) is 82.2 Å². The average molecular weight is 429 g/mol. The maximum atomic E-state index is 13.1. The fraction of sp³-hybridized carbons (Fsp3) is 0.609. The first-order chi connectivity index (χ1) is 14.9. The summed E-state index contributed by atoms with van der Waals surface area (Å²) in [7, 11) is 1.70. The predicted octanol–water partition coefficient (Wildman–Crippen LogP) is 1.98. The van der Waals surface area contributed by atoms with Crippen molar-refractivity contribution in [2.75, 3.05) is 44.8 Å². The molecule has 168 valence electrons. The molecule has 1 saturated carbocycles. The molecule has 2 heterocycles. The second-order valence-electron chi connectivity index (χ2n) is 8.96. The van der Waals surface area contributed by atoms with Crippen LogP contribution in [0.4, 0.5) is 10.5 Å². The van der Waals surface area contributed by atoms with E-state index < -0.39 is 11.6 Å². The van der Waals surface area contributed by atoms with Gasteiger partial charge in [-0.3, -0.25) is 14.5 Å². The van der Waals surface area contributed by atoms with E-state index in [1.165, 1.54) is 0 Å². The minimum atomic E-state index is -0.830. The van der Waals surface area contributed by atoms with Crippen molar-refractivity contribution in [3.05, 3.63) is 29.8 Å². The number of hydrogen-bond donors (Lipinski definition) is 1. The SMILES string of the molecule is C[C@@H]1CCCC[C@]12NC(=O)N(CC(=O)N(C)Cc1ccc(N3CCOCC3)cc1)C2=O. The molecule has 0 unspecified atom stereocenters. The number of hydrogen-bond acceptors (Lipinski definition) is 5. The highest BCUT2D eigenvalue weighted by Crippen LogP contribution is 2.38. The number of amides is 4. The van der Waals surface area contributed by atoms with E-state index in [1.807, 2.05) is 19.1 Å². The molecule has 3 fully saturated rings. The fourth-order valence-corrected chi connectivity index (χ4v) is 4.89. The maximum absolute atomic E-state index is 13.1. The van der Waals surface area contributed by atoms with Gasteiger partial charge in [0.25, 0.3) is 5.91 Å². The van der Waals surface area contributed by atoms with Gasteiger partial charge < -0.3 is 19.9 Å². The molecule has 2 saturated heterocycles. The van der Waals surface area contributed by atoms with Crippen LogP contribution in [0.3, 0.4) is 0 Å². The molecule has 0 bridgehead atoms. The number of urea groups is 1. The largest absolute Gasteiger partial charge is 0.378 e. The van der Waals surface area contributed by atoms with Gasteiger partial charge in [-0.15, -0.1) is 0 Å². The van der Waals surface area contributed by atoms with Gasteiger partial charge in [0, 0.05) is 32.4 Å². The lowest BCUT2D eigenvalue weighted by atomic mass is 9.73. The lowest BCUT2D eigenvalue weighted by molar-refractivity contribution is -0.140.